The van der Waals surface area contributed by atoms with Gasteiger partial charge in [-0.25, -0.2) is 5.43 Å². The van der Waals surface area contributed by atoms with Gasteiger partial charge in [0, 0.05) is 91.9 Å². The fraction of sp³-hybridized carbons (Fsp3) is 0.449. The molecule has 0 saturated carbocycles. The Labute approximate surface area is 392 Å². The molecule has 0 spiro atoms. The Kier molecular flexibility index (Phi) is 18.4. The molecule has 1 unspecified atom stereocenters. The number of allylic oxidation sites excluding steroid dienone is 3. The van der Waals surface area contributed by atoms with E-state index >= 15 is 0 Å². The lowest BCUT2D eigenvalue weighted by molar-refractivity contribution is -0.136. The predicted molar refractivity (Wildman–Crippen MR) is 259 cm³/mol. The number of hydrogen-bond acceptors (Lipinski definition) is 13. The van der Waals surface area contributed by atoms with Crippen LogP contribution in [-0.4, -0.2) is 88.5 Å². The number of nitrogens with two attached hydrogens (primary N) is 2. The lowest BCUT2D eigenvalue weighted by Crippen LogP contribution is -2.54. The zero-order valence-corrected chi connectivity index (χ0v) is 39.6. The number of nitrogens with zero attached hydrogens (tertiary/aromatic N) is 2. The molecule has 3 heterocycles. The summed E-state index contributed by atoms with van der Waals surface area (Å²) in [6, 6.07) is 9.73. The maximum Gasteiger partial charge on any atom is 0.264 e. The Morgan fingerprint density at radius 3 is 2.39 bits per heavy atom. The smallest absolute Gasteiger partial charge is 0.264 e. The number of aromatic amines is 1. The molecule has 5 rings (SSSR count). The highest BCUT2D eigenvalue weighted by atomic mass is 16.2. The number of pyridine rings is 1. The largest absolute Gasteiger partial charge is 0.385 e. The number of anilines is 2. The highest BCUT2D eigenvalue weighted by Crippen LogP contribution is 2.33. The molecule has 1 aromatic heterocycles. The van der Waals surface area contributed by atoms with E-state index in [0.717, 1.165) is 65.1 Å². The number of nitrogens with one attached hydrogen (secondary N) is 7. The van der Waals surface area contributed by atoms with E-state index in [4.69, 9.17) is 11.5 Å². The summed E-state index contributed by atoms with van der Waals surface area (Å²) in [6.07, 6.45) is 8.50. The number of piperidine rings is 1. The average molecular weight is 922 g/mol. The van der Waals surface area contributed by atoms with Crippen molar-refractivity contribution in [3.63, 3.8) is 0 Å². The maximum absolute atomic E-state index is 13.7. The van der Waals surface area contributed by atoms with Crippen LogP contribution in [0.3, 0.4) is 0 Å². The van der Waals surface area contributed by atoms with Crippen molar-refractivity contribution < 1.29 is 28.8 Å². The molecule has 3 aromatic rings. The van der Waals surface area contributed by atoms with Crippen molar-refractivity contribution in [1.82, 2.24) is 36.3 Å². The van der Waals surface area contributed by atoms with E-state index in [1.807, 2.05) is 76.8 Å². The molecule has 18 nitrogen and oxygen atoms in total. The van der Waals surface area contributed by atoms with Crippen molar-refractivity contribution in [2.75, 3.05) is 36.8 Å². The van der Waals surface area contributed by atoms with Gasteiger partial charge in [-0.2, -0.15) is 0 Å². The maximum atomic E-state index is 13.7. The summed E-state index contributed by atoms with van der Waals surface area (Å²) in [6.45, 7) is 14.0. The molecule has 18 heteroatoms. The third-order valence-electron chi connectivity index (χ3n) is 11.9. The van der Waals surface area contributed by atoms with Crippen LogP contribution in [0, 0.1) is 13.8 Å². The molecular formula is C49H67N11O7. The third kappa shape index (κ3) is 13.4. The third-order valence-corrected chi connectivity index (χ3v) is 11.9. The van der Waals surface area contributed by atoms with Gasteiger partial charge in [-0.1, -0.05) is 31.4 Å². The van der Waals surface area contributed by atoms with E-state index in [9.17, 15) is 33.6 Å². The van der Waals surface area contributed by atoms with Crippen LogP contribution >= 0.6 is 0 Å². The van der Waals surface area contributed by atoms with E-state index in [1.54, 1.807) is 18.2 Å². The van der Waals surface area contributed by atoms with E-state index < -0.39 is 29.7 Å². The topological polar surface area (TPSA) is 266 Å². The molecule has 1 fully saturated rings. The van der Waals surface area contributed by atoms with Crippen molar-refractivity contribution in [2.45, 2.75) is 118 Å². The zero-order valence-electron chi connectivity index (χ0n) is 39.6. The summed E-state index contributed by atoms with van der Waals surface area (Å²) in [7, 11) is 0. The molecule has 0 aliphatic carbocycles. The number of amides is 6. The second kappa shape index (κ2) is 24.1. The number of rotatable bonds is 24. The lowest BCUT2D eigenvalue weighted by atomic mass is 9.96. The zero-order chi connectivity index (χ0) is 48.8. The summed E-state index contributed by atoms with van der Waals surface area (Å²) in [5, 5.41) is 11.8. The van der Waals surface area contributed by atoms with Gasteiger partial charge < -0.3 is 37.3 Å². The number of fused-ring (bicyclic) bond motifs is 1. The number of carbonyl (C=O) groups excluding carboxylic acids is 6. The number of benzene rings is 2. The molecule has 2 aliphatic rings. The number of hydrogen-bond donors (Lipinski definition) is 9. The molecule has 0 radical (unpaired) electrons. The molecule has 6 amide bonds. The molecule has 360 valence electrons. The molecule has 11 N–H and O–H groups in total. The highest BCUT2D eigenvalue weighted by molar-refractivity contribution is 6.25. The summed E-state index contributed by atoms with van der Waals surface area (Å²) in [5.41, 5.74) is 24.8. The summed E-state index contributed by atoms with van der Waals surface area (Å²) < 4.78 is 0. The van der Waals surface area contributed by atoms with Gasteiger partial charge in [0.1, 0.15) is 6.04 Å². The fourth-order valence-electron chi connectivity index (χ4n) is 8.25. The van der Waals surface area contributed by atoms with Crippen LogP contribution in [0.4, 0.5) is 11.4 Å². The first kappa shape index (κ1) is 51.2. The van der Waals surface area contributed by atoms with Crippen LogP contribution in [0.25, 0.3) is 5.57 Å². The first-order valence-electron chi connectivity index (χ1n) is 23.1. The van der Waals surface area contributed by atoms with Gasteiger partial charge >= 0.3 is 0 Å². The van der Waals surface area contributed by atoms with Crippen molar-refractivity contribution in [1.29, 1.82) is 0 Å². The predicted octanol–water partition coefficient (Wildman–Crippen LogP) is 4.20. The van der Waals surface area contributed by atoms with Gasteiger partial charge in [-0.05, 0) is 114 Å². The summed E-state index contributed by atoms with van der Waals surface area (Å²) in [5.74, 6) is -2.05. The fourth-order valence-corrected chi connectivity index (χ4v) is 8.25. The highest BCUT2D eigenvalue weighted by Gasteiger charge is 2.45. The molecule has 1 atom stereocenters. The Morgan fingerprint density at radius 2 is 1.69 bits per heavy atom. The van der Waals surface area contributed by atoms with Crippen LogP contribution in [0.15, 0.2) is 59.2 Å². The lowest BCUT2D eigenvalue weighted by Gasteiger charge is -2.27. The molecular weight excluding hydrogens is 855 g/mol. The quantitative estimate of drug-likeness (QED) is 0.0264. The van der Waals surface area contributed by atoms with Crippen molar-refractivity contribution in [2.24, 2.45) is 11.5 Å². The summed E-state index contributed by atoms with van der Waals surface area (Å²) in [4.78, 5) is 95.0. The Balaban J connectivity index is 1.03. The molecule has 67 heavy (non-hydrogen) atoms. The summed E-state index contributed by atoms with van der Waals surface area (Å²) >= 11 is 0. The van der Waals surface area contributed by atoms with Gasteiger partial charge in [0.2, 0.25) is 17.7 Å². The van der Waals surface area contributed by atoms with Gasteiger partial charge in [-0.15, -0.1) is 0 Å². The van der Waals surface area contributed by atoms with Gasteiger partial charge in [0.05, 0.1) is 16.9 Å². The second-order valence-corrected chi connectivity index (χ2v) is 17.3. The second-order valence-electron chi connectivity index (χ2n) is 17.3. The minimum absolute atomic E-state index is 0.0620. The first-order valence-corrected chi connectivity index (χ1v) is 23.1. The van der Waals surface area contributed by atoms with E-state index in [2.05, 4.69) is 37.1 Å². The SMILES string of the molecule is CCN(CCNNC(=O)CCCCCCCNc1cccc2c1C(=O)N(C1CCC(=O)NC1=O)C2=O)/C(N)=C/C=C(\C)c1cc(NC(C)C)c(CN)c(C(=O)NCc2c(C)cc(C)[nH]c2=O)c1. The minimum atomic E-state index is -1.01. The molecule has 2 aromatic carbocycles. The average Bonchev–Trinajstić information content (AvgIpc) is 3.53. The van der Waals surface area contributed by atoms with Gasteiger partial charge in [0.25, 0.3) is 23.3 Å². The van der Waals surface area contributed by atoms with E-state index in [-0.39, 0.29) is 60.5 Å². The number of hydrazine groups is 1. The normalized spacial score (nSPS) is 15.2. The number of aryl methyl sites for hydroxylation is 2. The first-order chi connectivity index (χ1) is 32.0. The Hall–Kier alpha value is -6.79. The van der Waals surface area contributed by atoms with Gasteiger partial charge in [-0.3, -0.25) is 49.2 Å². The monoisotopic (exact) mass is 922 g/mol. The van der Waals surface area contributed by atoms with Crippen molar-refractivity contribution in [3.05, 3.63) is 109 Å². The number of likely N-dealkylation sites (N-methyl/N-ethyl adjacent to an activating group) is 1. The number of aromatic nitrogens is 1. The number of imide groups is 2. The number of unbranched alkanes of at least 4 members (excludes halogenated alkanes) is 4. The molecule has 2 aliphatic heterocycles. The van der Waals surface area contributed by atoms with Crippen molar-refractivity contribution >= 4 is 52.4 Å². The van der Waals surface area contributed by atoms with E-state index in [1.165, 1.54) is 0 Å². The standard InChI is InChI=1S/C49H67N11O7/c1-7-59(41(51)19-17-30(4)33-25-35(36(27-50)39(26-33)55-29(2)3)45(63)53-28-37-31(5)24-32(6)56-46(37)64)23-22-54-58-43(62)16-11-9-8-10-12-21-52-38-15-13-14-34-44(38)49(67)60(48(34)66)40-18-20-42(61)57-47(40)65/h13-15,17,19,24-26,29,40,52,54-55H,7-12,16,18,20-23,27-28,50-51H2,1-6H3,(H,53,63)(H,56,64)(H,58,62)(H,57,61,65)/b30-17+,41-19+. The van der Waals surface area contributed by atoms with Crippen LogP contribution in [0.2, 0.25) is 0 Å². The Morgan fingerprint density at radius 1 is 0.940 bits per heavy atom. The number of H-pyrrole nitrogens is 1. The van der Waals surface area contributed by atoms with Crippen LogP contribution in [0.5, 0.6) is 0 Å². The van der Waals surface area contributed by atoms with Gasteiger partial charge in [0.15, 0.2) is 0 Å². The minimum Gasteiger partial charge on any atom is -0.385 e. The van der Waals surface area contributed by atoms with Crippen LogP contribution in [0.1, 0.15) is 138 Å². The van der Waals surface area contributed by atoms with Crippen LogP contribution < -0.4 is 49.1 Å². The Bertz CT molecular complexity index is 2460. The van der Waals surface area contributed by atoms with Crippen LogP contribution in [-0.2, 0) is 27.5 Å². The molecule has 1 saturated heterocycles. The number of carbonyl (C=O) groups is 6. The molecule has 0 bridgehead atoms. The van der Waals surface area contributed by atoms with Crippen molar-refractivity contribution in [3.8, 4) is 0 Å². The van der Waals surface area contributed by atoms with E-state index in [0.29, 0.717) is 60.8 Å².